The summed E-state index contributed by atoms with van der Waals surface area (Å²) in [5, 5.41) is 14.9. The van der Waals surface area contributed by atoms with Crippen molar-refractivity contribution in [3.8, 4) is 6.07 Å². The number of hydrogen-bond donors (Lipinski definition) is 1. The third-order valence-electron chi connectivity index (χ3n) is 6.02. The fourth-order valence-corrected chi connectivity index (χ4v) is 5.12. The molecule has 1 fully saturated rings. The first-order valence-electron chi connectivity index (χ1n) is 11.3. The summed E-state index contributed by atoms with van der Waals surface area (Å²) in [6.45, 7) is 11.5. The van der Waals surface area contributed by atoms with E-state index in [1.165, 1.54) is 6.07 Å². The fraction of sp³-hybridized carbons (Fsp3) is 0.481. The highest BCUT2D eigenvalue weighted by atomic mass is 35.5. The van der Waals surface area contributed by atoms with E-state index in [0.717, 1.165) is 0 Å². The van der Waals surface area contributed by atoms with Crippen molar-refractivity contribution in [1.82, 2.24) is 5.32 Å². The summed E-state index contributed by atoms with van der Waals surface area (Å²) >= 11 is 12.2. The summed E-state index contributed by atoms with van der Waals surface area (Å²) in [6.07, 6.45) is 0.520. The molecule has 1 aliphatic heterocycles. The van der Waals surface area contributed by atoms with E-state index >= 15 is 4.39 Å². The first kappa shape index (κ1) is 26.5. The molecule has 1 saturated heterocycles. The van der Waals surface area contributed by atoms with E-state index in [0.29, 0.717) is 17.0 Å². The summed E-state index contributed by atoms with van der Waals surface area (Å²) in [5.74, 6) is -1.80. The van der Waals surface area contributed by atoms with Crippen molar-refractivity contribution < 1.29 is 13.9 Å². The Hall–Kier alpha value is -2.13. The van der Waals surface area contributed by atoms with E-state index in [2.05, 4.69) is 11.4 Å². The molecular formula is C27H31Cl2FN2O2. The first-order valence-corrected chi connectivity index (χ1v) is 12.0. The van der Waals surface area contributed by atoms with Crippen LogP contribution in [-0.4, -0.2) is 23.7 Å². The van der Waals surface area contributed by atoms with Crippen molar-refractivity contribution in [1.29, 1.82) is 5.26 Å². The Morgan fingerprint density at radius 1 is 1.09 bits per heavy atom. The van der Waals surface area contributed by atoms with Gasteiger partial charge in [0.25, 0.3) is 0 Å². The minimum atomic E-state index is -1.41. The lowest BCUT2D eigenvalue weighted by Gasteiger charge is -2.37. The van der Waals surface area contributed by atoms with Gasteiger partial charge in [0.05, 0.1) is 6.07 Å². The zero-order valence-electron chi connectivity index (χ0n) is 20.4. The Bertz CT molecular complexity index is 1100. The van der Waals surface area contributed by atoms with Gasteiger partial charge < -0.3 is 4.74 Å². The van der Waals surface area contributed by atoms with Crippen molar-refractivity contribution in [2.45, 2.75) is 77.0 Å². The van der Waals surface area contributed by atoms with Crippen LogP contribution in [0.2, 0.25) is 10.0 Å². The third kappa shape index (κ3) is 5.40. The number of carbonyl (C=O) groups is 1. The molecule has 0 aromatic heterocycles. The molecule has 1 heterocycles. The molecule has 0 aliphatic carbocycles. The van der Waals surface area contributed by atoms with Crippen LogP contribution in [0.4, 0.5) is 4.39 Å². The molecule has 34 heavy (non-hydrogen) atoms. The third-order valence-corrected chi connectivity index (χ3v) is 6.51. The van der Waals surface area contributed by atoms with E-state index in [1.54, 1.807) is 57.2 Å². The van der Waals surface area contributed by atoms with Gasteiger partial charge in [0.1, 0.15) is 22.9 Å². The van der Waals surface area contributed by atoms with E-state index in [9.17, 15) is 10.1 Å². The van der Waals surface area contributed by atoms with Gasteiger partial charge in [-0.25, -0.2) is 4.39 Å². The smallest absolute Gasteiger partial charge is 0.324 e. The van der Waals surface area contributed by atoms with Gasteiger partial charge >= 0.3 is 5.97 Å². The maximum atomic E-state index is 15.5. The highest BCUT2D eigenvalue weighted by Crippen LogP contribution is 2.52. The molecule has 2 aromatic carbocycles. The molecule has 1 aliphatic rings. The number of rotatable bonds is 4. The molecule has 0 spiro atoms. The average molecular weight is 505 g/mol. The Morgan fingerprint density at radius 2 is 1.68 bits per heavy atom. The molecule has 0 unspecified atom stereocenters. The van der Waals surface area contributed by atoms with Gasteiger partial charge in [0.15, 0.2) is 0 Å². The number of nitrogens with zero attached hydrogens (tertiary/aromatic N) is 1. The molecule has 182 valence electrons. The predicted molar refractivity (Wildman–Crippen MR) is 134 cm³/mol. The Labute approximate surface area is 211 Å². The van der Waals surface area contributed by atoms with Gasteiger partial charge in [-0.2, -0.15) is 5.26 Å². The second-order valence-corrected chi connectivity index (χ2v) is 12.0. The Kier molecular flexibility index (Phi) is 7.39. The highest BCUT2D eigenvalue weighted by molar-refractivity contribution is 6.30. The van der Waals surface area contributed by atoms with Crippen LogP contribution >= 0.6 is 23.2 Å². The number of nitriles is 1. The van der Waals surface area contributed by atoms with Crippen LogP contribution in [0.3, 0.4) is 0 Å². The largest absolute Gasteiger partial charge is 0.459 e. The normalized spacial score (nSPS) is 25.1. The average Bonchev–Trinajstić information content (AvgIpc) is 3.00. The van der Waals surface area contributed by atoms with Crippen LogP contribution in [0.25, 0.3) is 0 Å². The zero-order chi connectivity index (χ0) is 25.5. The molecule has 3 rings (SSSR count). The van der Waals surface area contributed by atoms with Crippen molar-refractivity contribution in [2.24, 2.45) is 5.41 Å². The number of carbonyl (C=O) groups excluding carboxylic acids is 1. The van der Waals surface area contributed by atoms with Gasteiger partial charge in [0.2, 0.25) is 0 Å². The molecule has 0 bridgehead atoms. The fourth-order valence-electron chi connectivity index (χ4n) is 4.84. The van der Waals surface area contributed by atoms with Crippen LogP contribution < -0.4 is 5.32 Å². The summed E-state index contributed by atoms with van der Waals surface area (Å²) < 4.78 is 21.2. The number of halogens is 3. The molecular weight excluding hydrogens is 474 g/mol. The predicted octanol–water partition coefficient (Wildman–Crippen LogP) is 6.80. The maximum absolute atomic E-state index is 15.5. The minimum Gasteiger partial charge on any atom is -0.459 e. The summed E-state index contributed by atoms with van der Waals surface area (Å²) in [7, 11) is 0. The lowest BCUT2D eigenvalue weighted by Crippen LogP contribution is -2.44. The van der Waals surface area contributed by atoms with Crippen molar-refractivity contribution in [3.05, 3.63) is 69.5 Å². The minimum absolute atomic E-state index is 0.201. The summed E-state index contributed by atoms with van der Waals surface area (Å²) in [5.41, 5.74) is -1.45. The van der Waals surface area contributed by atoms with Crippen molar-refractivity contribution >= 4 is 29.2 Å². The number of ether oxygens (including phenoxy) is 1. The van der Waals surface area contributed by atoms with E-state index in [4.69, 9.17) is 27.9 Å². The van der Waals surface area contributed by atoms with Crippen LogP contribution in [0.5, 0.6) is 0 Å². The monoisotopic (exact) mass is 504 g/mol. The van der Waals surface area contributed by atoms with Crippen molar-refractivity contribution in [3.63, 3.8) is 0 Å². The summed E-state index contributed by atoms with van der Waals surface area (Å²) in [6, 6.07) is 12.4. The van der Waals surface area contributed by atoms with Gasteiger partial charge in [-0.1, -0.05) is 62.2 Å². The Balaban J connectivity index is 2.31. The van der Waals surface area contributed by atoms with Crippen LogP contribution in [-0.2, 0) is 14.9 Å². The van der Waals surface area contributed by atoms with Crippen LogP contribution in [0, 0.1) is 22.6 Å². The molecule has 0 amide bonds. The molecule has 7 heteroatoms. The highest BCUT2D eigenvalue weighted by Gasteiger charge is 2.61. The van der Waals surface area contributed by atoms with Gasteiger partial charge in [-0.15, -0.1) is 0 Å². The first-order chi connectivity index (χ1) is 15.7. The topological polar surface area (TPSA) is 62.1 Å². The van der Waals surface area contributed by atoms with Crippen molar-refractivity contribution in [2.75, 3.05) is 0 Å². The molecule has 0 radical (unpaired) electrons. The second-order valence-electron chi connectivity index (χ2n) is 11.1. The van der Waals surface area contributed by atoms with Gasteiger partial charge in [-0.05, 0) is 62.4 Å². The molecule has 4 atom stereocenters. The van der Waals surface area contributed by atoms with Crippen LogP contribution in [0.1, 0.15) is 65.0 Å². The lowest BCUT2D eigenvalue weighted by atomic mass is 9.63. The molecule has 2 aromatic rings. The standard InChI is InChI=1S/C27H31Cl2FN2O2/c1-25(2,3)14-21-27(15-31,19-12-11-18(29)13-20(19)30)22(16-7-9-17(28)10-8-16)23(32-21)24(33)34-26(4,5)6/h7-13,21-23,32H,14H2,1-6H3/t21-,22-,23+,27-/m0/s1. The molecule has 0 saturated carbocycles. The quantitative estimate of drug-likeness (QED) is 0.465. The second kappa shape index (κ2) is 9.49. The van der Waals surface area contributed by atoms with Gasteiger partial charge in [-0.3, -0.25) is 10.1 Å². The maximum Gasteiger partial charge on any atom is 0.324 e. The van der Waals surface area contributed by atoms with Gasteiger partial charge in [0, 0.05) is 27.6 Å². The number of esters is 1. The molecule has 4 nitrogen and oxygen atoms in total. The van der Waals surface area contributed by atoms with E-state index < -0.39 is 40.8 Å². The number of benzene rings is 2. The van der Waals surface area contributed by atoms with E-state index in [1.807, 2.05) is 20.8 Å². The van der Waals surface area contributed by atoms with E-state index in [-0.39, 0.29) is 16.0 Å². The summed E-state index contributed by atoms with van der Waals surface area (Å²) in [4.78, 5) is 13.5. The number of nitrogens with one attached hydrogen (secondary N) is 1. The Morgan fingerprint density at radius 3 is 2.18 bits per heavy atom. The number of hydrogen-bond acceptors (Lipinski definition) is 4. The van der Waals surface area contributed by atoms with Crippen LogP contribution in [0.15, 0.2) is 42.5 Å². The SMILES string of the molecule is CC(C)(C)C[C@@H]1N[C@@H](C(=O)OC(C)(C)C)[C@H](c2ccc(Cl)cc2)[C@@]1(C#N)c1ccc(Cl)cc1F. The molecule has 1 N–H and O–H groups in total. The lowest BCUT2D eigenvalue weighted by molar-refractivity contribution is -0.157. The zero-order valence-corrected chi connectivity index (χ0v) is 21.9.